The van der Waals surface area contributed by atoms with Gasteiger partial charge in [0.25, 0.3) is 0 Å². The fourth-order valence-electron chi connectivity index (χ4n) is 1.37. The molecule has 0 aromatic heterocycles. The van der Waals surface area contributed by atoms with Crippen molar-refractivity contribution in [2.45, 2.75) is 65.4 Å². The monoisotopic (exact) mass is 516 g/mol. The quantitative estimate of drug-likeness (QED) is 0.122. The number of amides is 2. The van der Waals surface area contributed by atoms with Crippen LogP contribution < -0.4 is 20.8 Å². The van der Waals surface area contributed by atoms with Gasteiger partial charge >= 0.3 is 37.7 Å². The largest absolute Gasteiger partial charge is 2.00 e. The smallest absolute Gasteiger partial charge is 0.550 e. The van der Waals surface area contributed by atoms with Crippen molar-refractivity contribution in [1.82, 2.24) is 10.6 Å². The van der Waals surface area contributed by atoms with Crippen molar-refractivity contribution in [2.24, 2.45) is 10.8 Å². The van der Waals surface area contributed by atoms with Crippen molar-refractivity contribution in [3.05, 3.63) is 0 Å². The van der Waals surface area contributed by atoms with Crippen molar-refractivity contribution < 1.29 is 66.3 Å². The molecule has 0 aliphatic rings. The number of aliphatic hydroxyl groups excluding tert-OH is 4. The second kappa shape index (κ2) is 18.3. The summed E-state index contributed by atoms with van der Waals surface area (Å²) in [4.78, 5) is 44.8. The molecule has 13 heteroatoms. The van der Waals surface area contributed by atoms with E-state index in [-0.39, 0.29) is 37.7 Å². The summed E-state index contributed by atoms with van der Waals surface area (Å²) >= 11 is 0. The molecule has 0 aromatic carbocycles. The molecule has 12 nitrogen and oxygen atoms in total. The molecule has 0 heterocycles. The molecule has 2 amide bonds. The van der Waals surface area contributed by atoms with Crippen LogP contribution >= 0.6 is 0 Å². The van der Waals surface area contributed by atoms with Crippen LogP contribution in [-0.2, 0) is 19.2 Å². The topological polar surface area (TPSA) is 219 Å². The van der Waals surface area contributed by atoms with Gasteiger partial charge in [0.05, 0.1) is 13.2 Å². The minimum Gasteiger partial charge on any atom is -0.550 e. The van der Waals surface area contributed by atoms with E-state index in [1.807, 2.05) is 0 Å². The Morgan fingerprint density at radius 1 is 0.788 bits per heavy atom. The summed E-state index contributed by atoms with van der Waals surface area (Å²) in [5.41, 5.74) is -2.75. The van der Waals surface area contributed by atoms with Gasteiger partial charge < -0.3 is 50.9 Å². The number of carboxylic acid groups (broad SMARTS) is 2. The van der Waals surface area contributed by atoms with Gasteiger partial charge in [0.15, 0.2) is 0 Å². The summed E-state index contributed by atoms with van der Waals surface area (Å²) in [6.45, 7) is -3.11. The number of hydrogen-bond donors (Lipinski definition) is 6. The first kappa shape index (κ1) is 18.3. The number of carbonyl (C=O) groups is 4. The van der Waals surface area contributed by atoms with Gasteiger partial charge in [-0.3, -0.25) is 9.59 Å². The molecule has 0 rings (SSSR count). The van der Waals surface area contributed by atoms with E-state index in [4.69, 9.17) is 26.7 Å². The predicted octanol–water partition coefficient (Wildman–Crippen LogP) is -4.36. The molecule has 0 spiro atoms. The average molecular weight is 517 g/mol. The van der Waals surface area contributed by atoms with Crippen LogP contribution in [-0.4, -0.2) is 120 Å². The summed E-state index contributed by atoms with van der Waals surface area (Å²) in [5.74, 6) is -7.84. The van der Waals surface area contributed by atoms with Crippen LogP contribution in [0.1, 0.15) is 69.6 Å². The maximum absolute atomic E-state index is 11.7. The third-order valence-electron chi connectivity index (χ3n) is 3.62. The predicted molar refractivity (Wildman–Crippen MR) is 114 cm³/mol. The zero-order valence-corrected chi connectivity index (χ0v) is 20.7. The number of carboxylic acids is 2. The van der Waals surface area contributed by atoms with E-state index in [0.717, 1.165) is 0 Å². The molecule has 2 atom stereocenters. The molecule has 0 saturated heterocycles. The van der Waals surface area contributed by atoms with Crippen molar-refractivity contribution >= 4 is 61.5 Å². The van der Waals surface area contributed by atoms with Crippen LogP contribution in [0.15, 0.2) is 0 Å². The maximum atomic E-state index is 11.7. The van der Waals surface area contributed by atoms with Gasteiger partial charge in [-0.25, -0.2) is 0 Å². The Hall–Kier alpha value is -1.02. The third-order valence-corrected chi connectivity index (χ3v) is 3.62. The van der Waals surface area contributed by atoms with E-state index in [0.29, 0.717) is 0 Å². The van der Waals surface area contributed by atoms with E-state index in [2.05, 4.69) is 0 Å². The summed E-state index contributed by atoms with van der Waals surface area (Å²) in [6, 6.07) is 0. The first-order chi connectivity index (χ1) is 19.1. The molecule has 0 unspecified atom stereocenters. The molecule has 33 heavy (non-hydrogen) atoms. The molecule has 0 aliphatic heterocycles. The Bertz CT molecular complexity index is 995. The Labute approximate surface area is 240 Å². The molecule has 0 fully saturated rings. The summed E-state index contributed by atoms with van der Waals surface area (Å²) < 4.78 is 87.4. The normalized spacial score (nSPS) is 20.8. The van der Waals surface area contributed by atoms with Gasteiger partial charge in [-0.1, -0.05) is 27.7 Å². The van der Waals surface area contributed by atoms with E-state index < -0.39 is 98.5 Å². The van der Waals surface area contributed by atoms with Crippen molar-refractivity contribution in [1.29, 1.82) is 0 Å². The minimum atomic E-state index is -3.75. The van der Waals surface area contributed by atoms with Gasteiger partial charge in [-0.2, -0.15) is 0 Å². The number of hydrogen-bond acceptors (Lipinski definition) is 10. The molecule has 0 radical (unpaired) electrons. The first-order valence-corrected chi connectivity index (χ1v) is 8.74. The van der Waals surface area contributed by atoms with E-state index in [9.17, 15) is 39.6 Å². The molecule has 0 aliphatic carbocycles. The first-order valence-electron chi connectivity index (χ1n) is 14.7. The average Bonchev–Trinajstić information content (AvgIpc) is 2.86. The number of nitrogens with one attached hydrogen (secondary N) is 2. The van der Waals surface area contributed by atoms with E-state index in [1.165, 1.54) is 38.3 Å². The number of aliphatic carboxylic acids is 2. The second-order valence-electron chi connectivity index (χ2n) is 7.40. The van der Waals surface area contributed by atoms with Gasteiger partial charge in [-0.05, 0) is 25.5 Å². The molecule has 188 valence electrons. The molecule has 0 saturated carbocycles. The van der Waals surface area contributed by atoms with Crippen molar-refractivity contribution in [3.63, 3.8) is 0 Å². The zero-order valence-electron chi connectivity index (χ0n) is 30.5. The van der Waals surface area contributed by atoms with Crippen LogP contribution in [0.2, 0.25) is 0 Å². The van der Waals surface area contributed by atoms with Gasteiger partial charge in [0.2, 0.25) is 11.8 Å². The Balaban J connectivity index is -0.000000767. The summed E-state index contributed by atoms with van der Waals surface area (Å²) in [6.07, 6.45) is -18.8. The number of rotatable bonds is 14. The fourth-order valence-corrected chi connectivity index (χ4v) is 1.37. The molecular formula is C20H36CaN2O10. The van der Waals surface area contributed by atoms with E-state index in [1.54, 1.807) is 0 Å². The Morgan fingerprint density at radius 3 is 1.27 bits per heavy atom. The van der Waals surface area contributed by atoms with Crippen molar-refractivity contribution in [3.8, 4) is 0 Å². The Kier molecular flexibility index (Phi) is 10.1. The van der Waals surface area contributed by atoms with Gasteiger partial charge in [0.1, 0.15) is 12.2 Å². The second-order valence-corrected chi connectivity index (χ2v) is 7.40. The Morgan fingerprint density at radius 2 is 1.06 bits per heavy atom. The summed E-state index contributed by atoms with van der Waals surface area (Å²) in [7, 11) is 0. The molecule has 6 N–H and O–H groups in total. The fraction of sp³-hybridized carbons (Fsp3) is 0.800. The van der Waals surface area contributed by atoms with E-state index >= 15 is 0 Å². The van der Waals surface area contributed by atoms with Crippen molar-refractivity contribution in [2.75, 3.05) is 26.2 Å². The van der Waals surface area contributed by atoms with Crippen LogP contribution in [0.25, 0.3) is 0 Å². The molecule has 0 bridgehead atoms. The molecule has 0 aromatic rings. The zero-order chi connectivity index (χ0) is 36.3. The number of aliphatic hydroxyl groups is 4. The maximum Gasteiger partial charge on any atom is 2.00 e. The number of carbonyl (C=O) groups excluding carboxylic acids is 4. The van der Waals surface area contributed by atoms with Crippen LogP contribution in [0, 0.1) is 10.8 Å². The SMILES string of the molecule is [2H]C([2H])(NC(=O)[C@H](O)C(C)(C)CO)C([2H])([2H])C([2H])([2H])C(=O)[O-].[2H]C([2H])(NC(=O)[C@H](O)C(C)(C)CO)C([2H])([2H])C([2H])([2H])C(=O)[O-].[Ca+2]. The minimum absolute atomic E-state index is 0. The summed E-state index contributed by atoms with van der Waals surface area (Å²) in [5, 5.41) is 61.6. The molecular weight excluding hydrogens is 468 g/mol. The van der Waals surface area contributed by atoms with Gasteiger partial charge in [-0.15, -0.1) is 0 Å². The van der Waals surface area contributed by atoms with Crippen LogP contribution in [0.4, 0.5) is 0 Å². The standard InChI is InChI=1S/2C10H19NO5.Ca/c2*1-10(2,6-12)8(15)9(16)11-5-3-4-7(13)14;/h2*8,12,15H,3-6H2,1-2H3,(H,11,16)(H,13,14);/q;;+2/p-2/t2*8-;/m00./s1/i2*3D2,4D2,5D2;. The van der Waals surface area contributed by atoms with Gasteiger partial charge in [0, 0.05) is 52.2 Å². The third kappa shape index (κ3) is 17.1. The van der Waals surface area contributed by atoms with Crippen LogP contribution in [0.3, 0.4) is 0 Å². The van der Waals surface area contributed by atoms with Crippen LogP contribution in [0.5, 0.6) is 0 Å².